The summed E-state index contributed by atoms with van der Waals surface area (Å²) in [5, 5.41) is 7.73. The highest BCUT2D eigenvalue weighted by Gasteiger charge is 2.23. The standard InChI is InChI=1S/C18H21N5O4/c1-11(18-19-12(2)21-27-18)23(3)16(24)10-9-15-20-17(22-26-15)13-7-5-6-8-14(13)25-4/h5-8,11H,9-10H2,1-4H3. The van der Waals surface area contributed by atoms with Gasteiger partial charge >= 0.3 is 0 Å². The van der Waals surface area contributed by atoms with Gasteiger partial charge in [-0.15, -0.1) is 0 Å². The summed E-state index contributed by atoms with van der Waals surface area (Å²) in [6.07, 6.45) is 0.558. The van der Waals surface area contributed by atoms with E-state index in [-0.39, 0.29) is 18.4 Å². The van der Waals surface area contributed by atoms with Crippen LogP contribution in [0.5, 0.6) is 5.75 Å². The molecule has 0 aliphatic heterocycles. The number of amides is 1. The van der Waals surface area contributed by atoms with Crippen LogP contribution in [0.3, 0.4) is 0 Å². The molecule has 0 saturated heterocycles. The number of benzene rings is 1. The van der Waals surface area contributed by atoms with Gasteiger partial charge in [0.2, 0.25) is 23.5 Å². The SMILES string of the molecule is COc1ccccc1-c1noc(CCC(=O)N(C)C(C)c2nc(C)no2)n1. The number of hydrogen-bond acceptors (Lipinski definition) is 8. The number of carbonyl (C=O) groups excluding carboxylic acids is 1. The molecule has 0 N–H and O–H groups in total. The third-order valence-corrected chi connectivity index (χ3v) is 4.24. The van der Waals surface area contributed by atoms with Gasteiger partial charge in [-0.05, 0) is 26.0 Å². The van der Waals surface area contributed by atoms with Crippen molar-refractivity contribution in [3.63, 3.8) is 0 Å². The third kappa shape index (κ3) is 4.13. The first-order chi connectivity index (χ1) is 13.0. The van der Waals surface area contributed by atoms with Crippen molar-refractivity contribution in [2.75, 3.05) is 14.2 Å². The summed E-state index contributed by atoms with van der Waals surface area (Å²) in [6, 6.07) is 7.09. The molecule has 1 atom stereocenters. The van der Waals surface area contributed by atoms with E-state index < -0.39 is 0 Å². The Kier molecular flexibility index (Phi) is 5.49. The molecule has 142 valence electrons. The summed E-state index contributed by atoms with van der Waals surface area (Å²) in [6.45, 7) is 3.56. The van der Waals surface area contributed by atoms with Crippen LogP contribution in [-0.4, -0.2) is 45.2 Å². The fourth-order valence-corrected chi connectivity index (χ4v) is 2.55. The van der Waals surface area contributed by atoms with Crippen LogP contribution in [-0.2, 0) is 11.2 Å². The quantitative estimate of drug-likeness (QED) is 0.624. The topological polar surface area (TPSA) is 107 Å². The fraction of sp³-hybridized carbons (Fsp3) is 0.389. The average molecular weight is 371 g/mol. The molecule has 2 heterocycles. The van der Waals surface area contributed by atoms with E-state index in [1.165, 1.54) is 0 Å². The molecule has 1 aromatic carbocycles. The van der Waals surface area contributed by atoms with Crippen molar-refractivity contribution in [3.05, 3.63) is 41.9 Å². The first-order valence-electron chi connectivity index (χ1n) is 8.51. The number of hydrogen-bond donors (Lipinski definition) is 0. The summed E-state index contributed by atoms with van der Waals surface area (Å²) >= 11 is 0. The maximum absolute atomic E-state index is 12.4. The summed E-state index contributed by atoms with van der Waals surface area (Å²) in [4.78, 5) is 22.5. The van der Waals surface area contributed by atoms with Crippen molar-refractivity contribution in [1.29, 1.82) is 0 Å². The molecule has 0 aliphatic rings. The number of ether oxygens (including phenoxy) is 1. The highest BCUT2D eigenvalue weighted by Crippen LogP contribution is 2.27. The normalized spacial score (nSPS) is 12.0. The Bertz CT molecular complexity index is 920. The van der Waals surface area contributed by atoms with Crippen LogP contribution in [0.25, 0.3) is 11.4 Å². The Morgan fingerprint density at radius 3 is 2.70 bits per heavy atom. The van der Waals surface area contributed by atoms with E-state index in [0.717, 1.165) is 5.56 Å². The predicted octanol–water partition coefficient (Wildman–Crippen LogP) is 2.59. The summed E-state index contributed by atoms with van der Waals surface area (Å²) < 4.78 is 15.7. The van der Waals surface area contributed by atoms with E-state index in [1.807, 2.05) is 31.2 Å². The predicted molar refractivity (Wildman–Crippen MR) is 94.8 cm³/mol. The number of carbonyl (C=O) groups is 1. The summed E-state index contributed by atoms with van der Waals surface area (Å²) in [7, 11) is 3.28. The fourth-order valence-electron chi connectivity index (χ4n) is 2.55. The molecule has 0 saturated carbocycles. The van der Waals surface area contributed by atoms with E-state index in [0.29, 0.717) is 35.6 Å². The molecule has 1 unspecified atom stereocenters. The summed E-state index contributed by atoms with van der Waals surface area (Å²) in [5.41, 5.74) is 0.735. The molecule has 3 rings (SSSR count). The second kappa shape index (κ2) is 7.98. The number of para-hydroxylation sites is 1. The Balaban J connectivity index is 1.62. The number of nitrogens with zero attached hydrogens (tertiary/aromatic N) is 5. The zero-order valence-corrected chi connectivity index (χ0v) is 15.7. The lowest BCUT2D eigenvalue weighted by Gasteiger charge is -2.21. The van der Waals surface area contributed by atoms with E-state index >= 15 is 0 Å². The molecule has 9 heteroatoms. The lowest BCUT2D eigenvalue weighted by molar-refractivity contribution is -0.132. The maximum Gasteiger partial charge on any atom is 0.249 e. The van der Waals surface area contributed by atoms with E-state index in [4.69, 9.17) is 13.8 Å². The molecule has 9 nitrogen and oxygen atoms in total. The van der Waals surface area contributed by atoms with E-state index in [2.05, 4.69) is 20.3 Å². The molecule has 0 aliphatic carbocycles. The molecule has 2 aromatic heterocycles. The van der Waals surface area contributed by atoms with Gasteiger partial charge in [0.15, 0.2) is 5.82 Å². The number of methoxy groups -OCH3 is 1. The minimum Gasteiger partial charge on any atom is -0.496 e. The van der Waals surface area contributed by atoms with Crippen LogP contribution >= 0.6 is 0 Å². The van der Waals surface area contributed by atoms with Crippen LogP contribution < -0.4 is 4.74 Å². The van der Waals surface area contributed by atoms with Crippen molar-refractivity contribution in [3.8, 4) is 17.1 Å². The third-order valence-electron chi connectivity index (χ3n) is 4.24. The minimum absolute atomic E-state index is 0.0876. The van der Waals surface area contributed by atoms with Crippen LogP contribution in [0.4, 0.5) is 0 Å². The smallest absolute Gasteiger partial charge is 0.249 e. The van der Waals surface area contributed by atoms with Gasteiger partial charge in [0, 0.05) is 19.9 Å². The lowest BCUT2D eigenvalue weighted by Crippen LogP contribution is -2.30. The molecule has 0 bridgehead atoms. The highest BCUT2D eigenvalue weighted by molar-refractivity contribution is 5.76. The summed E-state index contributed by atoms with van der Waals surface area (Å²) in [5.74, 6) is 2.32. The second-order valence-electron chi connectivity index (χ2n) is 6.07. The van der Waals surface area contributed by atoms with Gasteiger partial charge in [0.1, 0.15) is 11.8 Å². The van der Waals surface area contributed by atoms with Crippen molar-refractivity contribution in [1.82, 2.24) is 25.2 Å². The van der Waals surface area contributed by atoms with E-state index in [9.17, 15) is 4.79 Å². The maximum atomic E-state index is 12.4. The lowest BCUT2D eigenvalue weighted by atomic mass is 10.2. The van der Waals surface area contributed by atoms with Crippen LogP contribution in [0.1, 0.15) is 37.0 Å². The Morgan fingerprint density at radius 1 is 1.22 bits per heavy atom. The largest absolute Gasteiger partial charge is 0.496 e. The molecule has 0 radical (unpaired) electrons. The average Bonchev–Trinajstić information content (AvgIpc) is 3.34. The number of rotatable bonds is 7. The van der Waals surface area contributed by atoms with Crippen LogP contribution in [0.15, 0.2) is 33.3 Å². The second-order valence-corrected chi connectivity index (χ2v) is 6.07. The zero-order valence-electron chi connectivity index (χ0n) is 15.7. The molecule has 0 fully saturated rings. The molecule has 0 spiro atoms. The molecular weight excluding hydrogens is 350 g/mol. The van der Waals surface area contributed by atoms with Gasteiger partial charge in [-0.2, -0.15) is 9.97 Å². The van der Waals surface area contributed by atoms with Crippen molar-refractivity contribution in [2.45, 2.75) is 32.7 Å². The Morgan fingerprint density at radius 2 is 2.00 bits per heavy atom. The molecule has 27 heavy (non-hydrogen) atoms. The van der Waals surface area contributed by atoms with Gasteiger partial charge in [-0.1, -0.05) is 22.4 Å². The minimum atomic E-state index is -0.314. The Hall–Kier alpha value is -3.23. The van der Waals surface area contributed by atoms with Gasteiger partial charge in [-0.3, -0.25) is 4.79 Å². The first-order valence-corrected chi connectivity index (χ1v) is 8.51. The van der Waals surface area contributed by atoms with Gasteiger partial charge in [-0.25, -0.2) is 0 Å². The van der Waals surface area contributed by atoms with Gasteiger partial charge < -0.3 is 18.7 Å². The number of aryl methyl sites for hydroxylation is 2. The molecular formula is C18H21N5O4. The Labute approximate surface area is 156 Å². The first kappa shape index (κ1) is 18.6. The van der Waals surface area contributed by atoms with Crippen molar-refractivity contribution in [2.24, 2.45) is 0 Å². The van der Waals surface area contributed by atoms with Gasteiger partial charge in [0.05, 0.1) is 12.7 Å². The van der Waals surface area contributed by atoms with Crippen LogP contribution in [0, 0.1) is 6.92 Å². The monoisotopic (exact) mass is 371 g/mol. The molecule has 1 amide bonds. The van der Waals surface area contributed by atoms with Gasteiger partial charge in [0.25, 0.3) is 0 Å². The van der Waals surface area contributed by atoms with E-state index in [1.54, 1.807) is 26.0 Å². The van der Waals surface area contributed by atoms with Crippen molar-refractivity contribution < 1.29 is 18.6 Å². The highest BCUT2D eigenvalue weighted by atomic mass is 16.5. The molecule has 3 aromatic rings. The number of aromatic nitrogens is 4. The van der Waals surface area contributed by atoms with Crippen molar-refractivity contribution >= 4 is 5.91 Å². The van der Waals surface area contributed by atoms with Crippen LogP contribution in [0.2, 0.25) is 0 Å². The zero-order chi connectivity index (χ0) is 19.4.